The fourth-order valence-corrected chi connectivity index (χ4v) is 3.69. The van der Waals surface area contributed by atoms with E-state index in [2.05, 4.69) is 17.4 Å². The van der Waals surface area contributed by atoms with E-state index < -0.39 is 0 Å². The van der Waals surface area contributed by atoms with Crippen LogP contribution in [0.5, 0.6) is 0 Å². The SMILES string of the molecule is COC1CCCC(OCc2ccc(CNC3CC3)s2)C1. The quantitative estimate of drug-likeness (QED) is 0.835. The molecule has 2 aliphatic carbocycles. The zero-order valence-electron chi connectivity index (χ0n) is 12.3. The predicted molar refractivity (Wildman–Crippen MR) is 82.0 cm³/mol. The average Bonchev–Trinajstić information content (AvgIpc) is 3.21. The van der Waals surface area contributed by atoms with E-state index in [0.29, 0.717) is 12.2 Å². The van der Waals surface area contributed by atoms with Crippen LogP contribution in [0, 0.1) is 0 Å². The van der Waals surface area contributed by atoms with Crippen molar-refractivity contribution in [2.24, 2.45) is 0 Å². The van der Waals surface area contributed by atoms with Gasteiger partial charge in [0.25, 0.3) is 0 Å². The summed E-state index contributed by atoms with van der Waals surface area (Å²) in [6, 6.07) is 5.23. The molecule has 2 fully saturated rings. The first kappa shape index (κ1) is 14.5. The Balaban J connectivity index is 1.40. The maximum absolute atomic E-state index is 6.06. The maximum Gasteiger partial charge on any atom is 0.0813 e. The van der Waals surface area contributed by atoms with Crippen LogP contribution in [0.15, 0.2) is 12.1 Å². The molecule has 2 atom stereocenters. The van der Waals surface area contributed by atoms with Crippen LogP contribution in [-0.2, 0) is 22.6 Å². The Morgan fingerprint density at radius 2 is 1.95 bits per heavy atom. The Morgan fingerprint density at radius 3 is 2.75 bits per heavy atom. The third-order valence-corrected chi connectivity index (χ3v) is 5.29. The Hall–Kier alpha value is -0.420. The normalized spacial score (nSPS) is 26.9. The molecule has 0 spiro atoms. The molecule has 2 saturated carbocycles. The van der Waals surface area contributed by atoms with Gasteiger partial charge in [-0.3, -0.25) is 0 Å². The first-order valence-corrected chi connectivity index (χ1v) is 8.60. The van der Waals surface area contributed by atoms with E-state index in [9.17, 15) is 0 Å². The summed E-state index contributed by atoms with van der Waals surface area (Å²) in [5.41, 5.74) is 0. The second kappa shape index (κ2) is 7.03. The molecule has 4 heteroatoms. The summed E-state index contributed by atoms with van der Waals surface area (Å²) in [5.74, 6) is 0. The van der Waals surface area contributed by atoms with Crippen molar-refractivity contribution >= 4 is 11.3 Å². The Kier molecular flexibility index (Phi) is 5.10. The summed E-state index contributed by atoms with van der Waals surface area (Å²) in [4.78, 5) is 2.77. The lowest BCUT2D eigenvalue weighted by Crippen LogP contribution is -2.27. The summed E-state index contributed by atoms with van der Waals surface area (Å²) < 4.78 is 11.5. The van der Waals surface area contributed by atoms with E-state index in [1.54, 1.807) is 0 Å². The largest absolute Gasteiger partial charge is 0.381 e. The number of hydrogen-bond acceptors (Lipinski definition) is 4. The first-order chi connectivity index (χ1) is 9.83. The van der Waals surface area contributed by atoms with Crippen LogP contribution in [0.1, 0.15) is 48.3 Å². The molecule has 0 radical (unpaired) electrons. The Morgan fingerprint density at radius 1 is 1.15 bits per heavy atom. The number of methoxy groups -OCH3 is 1. The van der Waals surface area contributed by atoms with Crippen molar-refractivity contribution in [3.8, 4) is 0 Å². The lowest BCUT2D eigenvalue weighted by Gasteiger charge is -2.28. The number of ether oxygens (including phenoxy) is 2. The van der Waals surface area contributed by atoms with Crippen molar-refractivity contribution < 1.29 is 9.47 Å². The smallest absolute Gasteiger partial charge is 0.0813 e. The van der Waals surface area contributed by atoms with Gasteiger partial charge in [0, 0.05) is 29.5 Å². The van der Waals surface area contributed by atoms with Crippen LogP contribution < -0.4 is 5.32 Å². The predicted octanol–water partition coefficient (Wildman–Crippen LogP) is 3.47. The van der Waals surface area contributed by atoms with Crippen molar-refractivity contribution in [3.63, 3.8) is 0 Å². The molecule has 1 N–H and O–H groups in total. The van der Waals surface area contributed by atoms with Gasteiger partial charge in [-0.25, -0.2) is 0 Å². The average molecular weight is 295 g/mol. The zero-order valence-corrected chi connectivity index (χ0v) is 13.1. The second-order valence-electron chi connectivity index (χ2n) is 5.98. The molecular weight excluding hydrogens is 270 g/mol. The highest BCUT2D eigenvalue weighted by molar-refractivity contribution is 7.11. The van der Waals surface area contributed by atoms with Gasteiger partial charge in [0.05, 0.1) is 18.8 Å². The molecule has 112 valence electrons. The van der Waals surface area contributed by atoms with Gasteiger partial charge in [0.15, 0.2) is 0 Å². The molecule has 0 amide bonds. The van der Waals surface area contributed by atoms with Crippen molar-refractivity contribution in [1.82, 2.24) is 5.32 Å². The molecule has 1 aromatic rings. The van der Waals surface area contributed by atoms with Gasteiger partial charge in [0.2, 0.25) is 0 Å². The van der Waals surface area contributed by atoms with Crippen LogP contribution in [-0.4, -0.2) is 25.4 Å². The standard InChI is InChI=1S/C16H25NO2S/c1-18-13-3-2-4-14(9-13)19-11-16-8-7-15(20-16)10-17-12-5-6-12/h7-8,12-14,17H,2-6,9-11H2,1H3. The minimum absolute atomic E-state index is 0.379. The zero-order chi connectivity index (χ0) is 13.8. The molecular formula is C16H25NO2S. The molecule has 2 unspecified atom stereocenters. The molecule has 3 nitrogen and oxygen atoms in total. The number of hydrogen-bond donors (Lipinski definition) is 1. The van der Waals surface area contributed by atoms with Crippen molar-refractivity contribution in [3.05, 3.63) is 21.9 Å². The van der Waals surface area contributed by atoms with Crippen molar-refractivity contribution in [1.29, 1.82) is 0 Å². The number of thiophene rings is 1. The molecule has 2 aliphatic rings. The third-order valence-electron chi connectivity index (χ3n) is 4.23. The molecule has 0 bridgehead atoms. The van der Waals surface area contributed by atoms with Crippen LogP contribution in [0.2, 0.25) is 0 Å². The van der Waals surface area contributed by atoms with Gasteiger partial charge in [0.1, 0.15) is 0 Å². The van der Waals surface area contributed by atoms with E-state index in [0.717, 1.165) is 25.6 Å². The van der Waals surface area contributed by atoms with Gasteiger partial charge in [-0.1, -0.05) is 0 Å². The fourth-order valence-electron chi connectivity index (χ4n) is 2.79. The van der Waals surface area contributed by atoms with Crippen molar-refractivity contribution in [2.75, 3.05) is 7.11 Å². The summed E-state index contributed by atoms with van der Waals surface area (Å²) in [6.45, 7) is 1.78. The van der Waals surface area contributed by atoms with Crippen LogP contribution >= 0.6 is 11.3 Å². The monoisotopic (exact) mass is 295 g/mol. The minimum atomic E-state index is 0.379. The van der Waals surface area contributed by atoms with E-state index in [4.69, 9.17) is 9.47 Å². The van der Waals surface area contributed by atoms with Crippen LogP contribution in [0.25, 0.3) is 0 Å². The molecule has 0 saturated heterocycles. The molecule has 0 aliphatic heterocycles. The lowest BCUT2D eigenvalue weighted by atomic mass is 9.95. The highest BCUT2D eigenvalue weighted by Crippen LogP contribution is 2.26. The fraction of sp³-hybridized carbons (Fsp3) is 0.750. The van der Waals surface area contributed by atoms with Crippen LogP contribution in [0.4, 0.5) is 0 Å². The molecule has 1 heterocycles. The van der Waals surface area contributed by atoms with Gasteiger partial charge in [-0.05, 0) is 50.7 Å². The van der Waals surface area contributed by atoms with E-state index in [1.165, 1.54) is 41.9 Å². The first-order valence-electron chi connectivity index (χ1n) is 7.79. The number of rotatable bonds is 7. The molecule has 1 aromatic heterocycles. The minimum Gasteiger partial charge on any atom is -0.381 e. The Labute approximate surface area is 125 Å². The second-order valence-corrected chi connectivity index (χ2v) is 7.23. The highest BCUT2D eigenvalue weighted by Gasteiger charge is 2.22. The number of nitrogens with one attached hydrogen (secondary N) is 1. The summed E-state index contributed by atoms with van der Waals surface area (Å²) in [7, 11) is 1.81. The topological polar surface area (TPSA) is 30.5 Å². The molecule has 0 aromatic carbocycles. The summed E-state index contributed by atoms with van der Waals surface area (Å²) >= 11 is 1.88. The van der Waals surface area contributed by atoms with Gasteiger partial charge in [-0.2, -0.15) is 0 Å². The molecule has 20 heavy (non-hydrogen) atoms. The lowest BCUT2D eigenvalue weighted by molar-refractivity contribution is -0.0356. The van der Waals surface area contributed by atoms with Gasteiger partial charge in [-0.15, -0.1) is 11.3 Å². The maximum atomic E-state index is 6.06. The summed E-state index contributed by atoms with van der Waals surface area (Å²) in [5, 5.41) is 3.56. The van der Waals surface area contributed by atoms with E-state index >= 15 is 0 Å². The van der Waals surface area contributed by atoms with Gasteiger partial charge < -0.3 is 14.8 Å². The third kappa shape index (κ3) is 4.29. The Bertz CT molecular complexity index is 416. The van der Waals surface area contributed by atoms with E-state index in [-0.39, 0.29) is 0 Å². The van der Waals surface area contributed by atoms with E-state index in [1.807, 2.05) is 18.4 Å². The molecule has 3 rings (SSSR count). The van der Waals surface area contributed by atoms with Crippen molar-refractivity contribution in [2.45, 2.75) is 69.9 Å². The van der Waals surface area contributed by atoms with Crippen LogP contribution in [0.3, 0.4) is 0 Å². The van der Waals surface area contributed by atoms with Gasteiger partial charge >= 0.3 is 0 Å². The highest BCUT2D eigenvalue weighted by atomic mass is 32.1. The summed E-state index contributed by atoms with van der Waals surface area (Å²) in [6.07, 6.45) is 8.13.